The van der Waals surface area contributed by atoms with E-state index in [1.54, 1.807) is 12.1 Å². The van der Waals surface area contributed by atoms with E-state index in [9.17, 15) is 18.0 Å². The number of hydrogen-bond acceptors (Lipinski definition) is 3. The van der Waals surface area contributed by atoms with E-state index >= 15 is 0 Å². The minimum Gasteiger partial charge on any atom is -0.497 e. The summed E-state index contributed by atoms with van der Waals surface area (Å²) in [6.07, 6.45) is 0.858. The average Bonchev–Trinajstić information content (AvgIpc) is 2.86. The fourth-order valence-electron chi connectivity index (χ4n) is 3.57. The number of methoxy groups -OCH3 is 1. The molecule has 0 bridgehead atoms. The van der Waals surface area contributed by atoms with Gasteiger partial charge in [-0.15, -0.1) is 0 Å². The normalized spacial score (nSPS) is 10.7. The van der Waals surface area contributed by atoms with Crippen LogP contribution in [0.25, 0.3) is 22.3 Å². The molecule has 0 saturated heterocycles. The van der Waals surface area contributed by atoms with Gasteiger partial charge < -0.3 is 9.47 Å². The molecule has 0 aliphatic rings. The third kappa shape index (κ3) is 4.66. The van der Waals surface area contributed by atoms with Crippen molar-refractivity contribution in [3.05, 3.63) is 107 Å². The van der Waals surface area contributed by atoms with Crippen LogP contribution in [0, 0.1) is 17.5 Å². The summed E-state index contributed by atoms with van der Waals surface area (Å²) in [6.45, 7) is 2.02. The molecular weight excluding hydrogens is 441 g/mol. The first-order chi connectivity index (χ1) is 16.4. The van der Waals surface area contributed by atoms with Crippen LogP contribution in [0.15, 0.2) is 78.9 Å². The fraction of sp³-hybridized carbons (Fsp3) is 0.107. The topological polar surface area (TPSA) is 35.5 Å². The van der Waals surface area contributed by atoms with Crippen LogP contribution in [-0.4, -0.2) is 13.1 Å². The maximum absolute atomic E-state index is 14.9. The van der Waals surface area contributed by atoms with Crippen molar-refractivity contribution in [2.24, 2.45) is 0 Å². The molecule has 4 rings (SSSR count). The van der Waals surface area contributed by atoms with E-state index in [0.717, 1.165) is 18.1 Å². The molecule has 4 aromatic carbocycles. The highest BCUT2D eigenvalue weighted by molar-refractivity contribution is 5.91. The molecular formula is C28H21F3O3. The fourth-order valence-corrected chi connectivity index (χ4v) is 3.57. The molecule has 0 aliphatic heterocycles. The number of carbonyl (C=O) groups excluding carboxylic acids is 1. The van der Waals surface area contributed by atoms with Gasteiger partial charge >= 0.3 is 5.97 Å². The largest absolute Gasteiger partial charge is 0.497 e. The molecule has 34 heavy (non-hydrogen) atoms. The number of benzene rings is 4. The minimum absolute atomic E-state index is 0.0745. The molecule has 4 aromatic rings. The first-order valence-electron chi connectivity index (χ1n) is 10.6. The molecule has 0 amide bonds. The molecule has 0 spiro atoms. The number of hydrogen-bond donors (Lipinski definition) is 0. The second kappa shape index (κ2) is 9.83. The van der Waals surface area contributed by atoms with Gasteiger partial charge in [0.2, 0.25) is 0 Å². The Morgan fingerprint density at radius 1 is 0.735 bits per heavy atom. The summed E-state index contributed by atoms with van der Waals surface area (Å²) in [5.74, 6) is -3.16. The Morgan fingerprint density at radius 2 is 1.26 bits per heavy atom. The number of halogens is 3. The van der Waals surface area contributed by atoms with E-state index in [-0.39, 0.29) is 28.2 Å². The lowest BCUT2D eigenvalue weighted by atomic mass is 9.98. The Morgan fingerprint density at radius 3 is 1.76 bits per heavy atom. The van der Waals surface area contributed by atoms with Gasteiger partial charge in [-0.25, -0.2) is 18.0 Å². The highest BCUT2D eigenvalue weighted by Gasteiger charge is 2.18. The summed E-state index contributed by atoms with van der Waals surface area (Å²) >= 11 is 0. The molecule has 0 aromatic heterocycles. The van der Waals surface area contributed by atoms with Crippen molar-refractivity contribution < 1.29 is 27.4 Å². The smallest absolute Gasteiger partial charge is 0.346 e. The molecule has 6 heteroatoms. The van der Waals surface area contributed by atoms with Crippen molar-refractivity contribution in [1.82, 2.24) is 0 Å². The van der Waals surface area contributed by atoms with Gasteiger partial charge in [-0.3, -0.25) is 0 Å². The maximum Gasteiger partial charge on any atom is 0.346 e. The van der Waals surface area contributed by atoms with Gasteiger partial charge in [-0.05, 0) is 47.4 Å². The Balaban J connectivity index is 1.54. The number of rotatable bonds is 6. The SMILES string of the molecule is CCc1ccc(-c2ccc(-c3ccc(OC(=O)c4ccc(OC)cc4F)cc3)c(F)c2F)cc1. The minimum atomic E-state index is -0.970. The van der Waals surface area contributed by atoms with Crippen LogP contribution in [0.5, 0.6) is 11.5 Å². The van der Waals surface area contributed by atoms with Gasteiger partial charge in [0.1, 0.15) is 17.3 Å². The Bertz CT molecular complexity index is 1330. The van der Waals surface area contributed by atoms with Gasteiger partial charge in [-0.2, -0.15) is 0 Å². The molecule has 0 radical (unpaired) electrons. The highest BCUT2D eigenvalue weighted by atomic mass is 19.2. The van der Waals surface area contributed by atoms with Gasteiger partial charge in [0.25, 0.3) is 0 Å². The van der Waals surface area contributed by atoms with Crippen molar-refractivity contribution in [3.8, 4) is 33.8 Å². The summed E-state index contributed by atoms with van der Waals surface area (Å²) in [4.78, 5) is 12.3. The standard InChI is InChI=1S/C28H21F3O3/c1-3-17-4-6-18(7-5-17)22-14-15-23(27(31)26(22)30)19-8-10-20(11-9-19)34-28(32)24-13-12-21(33-2)16-25(24)29/h4-16H,3H2,1-2H3. The molecule has 0 atom stereocenters. The zero-order valence-electron chi connectivity index (χ0n) is 18.6. The average molecular weight is 462 g/mol. The van der Waals surface area contributed by atoms with Crippen LogP contribution in [-0.2, 0) is 6.42 Å². The van der Waals surface area contributed by atoms with Gasteiger partial charge in [0.05, 0.1) is 12.7 Å². The van der Waals surface area contributed by atoms with E-state index in [1.807, 2.05) is 19.1 Å². The lowest BCUT2D eigenvalue weighted by molar-refractivity contribution is 0.0730. The quantitative estimate of drug-likeness (QED) is 0.224. The van der Waals surface area contributed by atoms with Crippen LogP contribution in [0.2, 0.25) is 0 Å². The zero-order valence-corrected chi connectivity index (χ0v) is 18.6. The number of ether oxygens (including phenoxy) is 2. The van der Waals surface area contributed by atoms with Crippen LogP contribution in [0.1, 0.15) is 22.8 Å². The number of carbonyl (C=O) groups is 1. The van der Waals surface area contributed by atoms with Crippen LogP contribution in [0.3, 0.4) is 0 Å². The Kier molecular flexibility index (Phi) is 6.68. The first kappa shape index (κ1) is 23.1. The predicted molar refractivity (Wildman–Crippen MR) is 125 cm³/mol. The van der Waals surface area contributed by atoms with Crippen molar-refractivity contribution in [2.75, 3.05) is 7.11 Å². The first-order valence-corrected chi connectivity index (χ1v) is 10.6. The second-order valence-corrected chi connectivity index (χ2v) is 7.60. The van der Waals surface area contributed by atoms with E-state index in [0.29, 0.717) is 11.1 Å². The molecule has 0 saturated carbocycles. The molecule has 0 unspecified atom stereocenters. The van der Waals surface area contributed by atoms with Crippen molar-refractivity contribution in [3.63, 3.8) is 0 Å². The second-order valence-electron chi connectivity index (χ2n) is 7.60. The van der Waals surface area contributed by atoms with E-state index in [1.165, 1.54) is 55.6 Å². The van der Waals surface area contributed by atoms with Crippen molar-refractivity contribution >= 4 is 5.97 Å². The summed E-state index contributed by atoms with van der Waals surface area (Å²) in [5, 5.41) is 0. The monoisotopic (exact) mass is 462 g/mol. The third-order valence-electron chi connectivity index (χ3n) is 5.53. The van der Waals surface area contributed by atoms with Gasteiger partial charge in [0.15, 0.2) is 11.6 Å². The molecule has 0 heterocycles. The molecule has 0 N–H and O–H groups in total. The maximum atomic E-state index is 14.9. The summed E-state index contributed by atoms with van der Waals surface area (Å²) in [5.41, 5.74) is 2.10. The van der Waals surface area contributed by atoms with Gasteiger partial charge in [0, 0.05) is 17.2 Å². The third-order valence-corrected chi connectivity index (χ3v) is 5.53. The Hall–Kier alpha value is -4.06. The molecule has 0 fully saturated rings. The molecule has 0 aliphatic carbocycles. The van der Waals surface area contributed by atoms with Crippen molar-refractivity contribution in [2.45, 2.75) is 13.3 Å². The van der Waals surface area contributed by atoms with Crippen LogP contribution >= 0.6 is 0 Å². The highest BCUT2D eigenvalue weighted by Crippen LogP contribution is 2.32. The molecule has 172 valence electrons. The lowest BCUT2D eigenvalue weighted by Gasteiger charge is -2.11. The van der Waals surface area contributed by atoms with Gasteiger partial charge in [-0.1, -0.05) is 55.5 Å². The van der Waals surface area contributed by atoms with E-state index in [4.69, 9.17) is 9.47 Å². The Labute approximate surface area is 195 Å². The number of esters is 1. The zero-order chi connectivity index (χ0) is 24.2. The predicted octanol–water partition coefficient (Wildman–Crippen LogP) is 7.23. The van der Waals surface area contributed by atoms with Crippen LogP contribution < -0.4 is 9.47 Å². The lowest BCUT2D eigenvalue weighted by Crippen LogP contribution is -2.10. The number of aryl methyl sites for hydroxylation is 1. The summed E-state index contributed by atoms with van der Waals surface area (Å²) in [6, 6.07) is 20.0. The molecule has 3 nitrogen and oxygen atoms in total. The summed E-state index contributed by atoms with van der Waals surface area (Å²) < 4.78 is 54.0. The van der Waals surface area contributed by atoms with E-state index in [2.05, 4.69) is 0 Å². The van der Waals surface area contributed by atoms with Crippen LogP contribution in [0.4, 0.5) is 13.2 Å². The summed E-state index contributed by atoms with van der Waals surface area (Å²) in [7, 11) is 1.39. The van der Waals surface area contributed by atoms with E-state index < -0.39 is 23.4 Å². The van der Waals surface area contributed by atoms with Crippen molar-refractivity contribution in [1.29, 1.82) is 0 Å².